The van der Waals surface area contributed by atoms with Gasteiger partial charge in [0.2, 0.25) is 5.91 Å². The Morgan fingerprint density at radius 2 is 1.71 bits per heavy atom. The van der Waals surface area contributed by atoms with Gasteiger partial charge in [0.15, 0.2) is 0 Å². The van der Waals surface area contributed by atoms with Crippen LogP contribution < -0.4 is 5.32 Å². The lowest BCUT2D eigenvalue weighted by molar-refractivity contribution is -0.384. The molecule has 1 aliphatic rings. The van der Waals surface area contributed by atoms with Crippen molar-refractivity contribution in [1.82, 2.24) is 15.1 Å². The number of benzene rings is 1. The normalized spacial score (nSPS) is 14.5. The first-order valence-electron chi connectivity index (χ1n) is 7.99. The van der Waals surface area contributed by atoms with Crippen molar-refractivity contribution < 1.29 is 14.5 Å². The first-order chi connectivity index (χ1) is 11.5. The molecule has 8 heteroatoms. The van der Waals surface area contributed by atoms with Gasteiger partial charge in [-0.2, -0.15) is 0 Å². The Hall–Kier alpha value is -2.48. The van der Waals surface area contributed by atoms with Crippen molar-refractivity contribution in [2.75, 3.05) is 39.8 Å². The van der Waals surface area contributed by atoms with Crippen molar-refractivity contribution in [2.45, 2.75) is 12.8 Å². The summed E-state index contributed by atoms with van der Waals surface area (Å²) < 4.78 is 0. The number of non-ortho nitro benzene ring substituents is 1. The van der Waals surface area contributed by atoms with E-state index in [2.05, 4.69) is 5.32 Å². The molecule has 0 spiro atoms. The molecule has 0 aliphatic carbocycles. The van der Waals surface area contributed by atoms with E-state index in [0.29, 0.717) is 38.2 Å². The molecular weight excluding hydrogens is 312 g/mol. The number of piperazine rings is 1. The molecule has 2 amide bonds. The molecule has 24 heavy (non-hydrogen) atoms. The minimum Gasteiger partial charge on any atom is -0.339 e. The molecule has 1 aromatic carbocycles. The summed E-state index contributed by atoms with van der Waals surface area (Å²) in [7, 11) is 1.85. The maximum atomic E-state index is 12.4. The second-order valence-corrected chi connectivity index (χ2v) is 5.68. The molecule has 1 heterocycles. The van der Waals surface area contributed by atoms with Crippen LogP contribution in [0.2, 0.25) is 0 Å². The third-order valence-corrected chi connectivity index (χ3v) is 4.06. The Kier molecular flexibility index (Phi) is 6.25. The first kappa shape index (κ1) is 17.9. The lowest BCUT2D eigenvalue weighted by Crippen LogP contribution is -2.50. The smallest absolute Gasteiger partial charge is 0.269 e. The average molecular weight is 334 g/mol. The van der Waals surface area contributed by atoms with Crippen LogP contribution in [0.5, 0.6) is 0 Å². The highest BCUT2D eigenvalue weighted by Gasteiger charge is 2.24. The number of carbonyl (C=O) groups excluding carboxylic acids is 2. The van der Waals surface area contributed by atoms with Gasteiger partial charge in [-0.15, -0.1) is 0 Å². The molecule has 1 saturated heterocycles. The topological polar surface area (TPSA) is 95.8 Å². The van der Waals surface area contributed by atoms with Gasteiger partial charge in [0, 0.05) is 50.3 Å². The van der Waals surface area contributed by atoms with Crippen molar-refractivity contribution in [1.29, 1.82) is 0 Å². The molecule has 1 N–H and O–H groups in total. The SMILES string of the molecule is CNCCCC(=O)N1CCN(C(=O)c2ccc([N+](=O)[O-])cc2)CC1. The van der Waals surface area contributed by atoms with Gasteiger partial charge in [0.05, 0.1) is 4.92 Å². The van der Waals surface area contributed by atoms with Crippen LogP contribution >= 0.6 is 0 Å². The van der Waals surface area contributed by atoms with Crippen LogP contribution in [0, 0.1) is 10.1 Å². The zero-order valence-corrected chi connectivity index (χ0v) is 13.7. The van der Waals surface area contributed by atoms with Crippen LogP contribution in [-0.2, 0) is 4.79 Å². The molecule has 0 aromatic heterocycles. The fourth-order valence-corrected chi connectivity index (χ4v) is 2.64. The minimum atomic E-state index is -0.493. The summed E-state index contributed by atoms with van der Waals surface area (Å²) >= 11 is 0. The second kappa shape index (κ2) is 8.39. The van der Waals surface area contributed by atoms with Gasteiger partial charge in [-0.1, -0.05) is 0 Å². The van der Waals surface area contributed by atoms with E-state index in [1.807, 2.05) is 7.05 Å². The monoisotopic (exact) mass is 334 g/mol. The van der Waals surface area contributed by atoms with Crippen LogP contribution in [0.1, 0.15) is 23.2 Å². The maximum absolute atomic E-state index is 12.4. The number of nitrogens with one attached hydrogen (secondary N) is 1. The highest BCUT2D eigenvalue weighted by atomic mass is 16.6. The van der Waals surface area contributed by atoms with E-state index in [4.69, 9.17) is 0 Å². The fraction of sp³-hybridized carbons (Fsp3) is 0.500. The third-order valence-electron chi connectivity index (χ3n) is 4.06. The van der Waals surface area contributed by atoms with E-state index in [1.54, 1.807) is 9.80 Å². The van der Waals surface area contributed by atoms with Crippen molar-refractivity contribution in [3.8, 4) is 0 Å². The number of rotatable bonds is 6. The van der Waals surface area contributed by atoms with Crippen molar-refractivity contribution >= 4 is 17.5 Å². The summed E-state index contributed by atoms with van der Waals surface area (Å²) in [6.07, 6.45) is 1.31. The Bertz CT molecular complexity index is 595. The number of nitrogens with zero attached hydrogens (tertiary/aromatic N) is 3. The molecule has 2 rings (SSSR count). The lowest BCUT2D eigenvalue weighted by atomic mass is 10.1. The molecule has 0 unspecified atom stereocenters. The molecule has 0 radical (unpaired) electrons. The number of carbonyl (C=O) groups is 2. The van der Waals surface area contributed by atoms with Crippen LogP contribution in [0.15, 0.2) is 24.3 Å². The van der Waals surface area contributed by atoms with Crippen LogP contribution in [0.3, 0.4) is 0 Å². The summed E-state index contributed by atoms with van der Waals surface area (Å²) in [6.45, 7) is 2.82. The Morgan fingerprint density at radius 3 is 2.25 bits per heavy atom. The third kappa shape index (κ3) is 4.51. The van der Waals surface area contributed by atoms with Gasteiger partial charge in [-0.3, -0.25) is 19.7 Å². The molecule has 1 aliphatic heterocycles. The maximum Gasteiger partial charge on any atom is 0.269 e. The Morgan fingerprint density at radius 1 is 1.12 bits per heavy atom. The summed E-state index contributed by atoms with van der Waals surface area (Å²) in [4.78, 5) is 38.1. The average Bonchev–Trinajstić information content (AvgIpc) is 2.61. The minimum absolute atomic E-state index is 0.0384. The number of amides is 2. The highest BCUT2D eigenvalue weighted by molar-refractivity contribution is 5.94. The zero-order chi connectivity index (χ0) is 17.5. The molecule has 0 saturated carbocycles. The van der Waals surface area contributed by atoms with Gasteiger partial charge in [-0.25, -0.2) is 0 Å². The standard InChI is InChI=1S/C16H22N4O4/c1-17-8-2-3-15(21)18-9-11-19(12-10-18)16(22)13-4-6-14(7-5-13)20(23)24/h4-7,17H,2-3,8-12H2,1H3. The van der Waals surface area contributed by atoms with E-state index in [0.717, 1.165) is 13.0 Å². The van der Waals surface area contributed by atoms with Gasteiger partial charge in [0.1, 0.15) is 0 Å². The van der Waals surface area contributed by atoms with Gasteiger partial charge >= 0.3 is 0 Å². The van der Waals surface area contributed by atoms with Gasteiger partial charge in [-0.05, 0) is 32.1 Å². The van der Waals surface area contributed by atoms with Crippen LogP contribution in [0.25, 0.3) is 0 Å². The summed E-state index contributed by atoms with van der Waals surface area (Å²) in [6, 6.07) is 5.59. The largest absolute Gasteiger partial charge is 0.339 e. The van der Waals surface area contributed by atoms with E-state index in [-0.39, 0.29) is 17.5 Å². The van der Waals surface area contributed by atoms with Crippen LogP contribution in [0.4, 0.5) is 5.69 Å². The molecule has 8 nitrogen and oxygen atoms in total. The second-order valence-electron chi connectivity index (χ2n) is 5.68. The molecule has 0 bridgehead atoms. The number of nitro groups is 1. The summed E-state index contributed by atoms with van der Waals surface area (Å²) in [5.41, 5.74) is 0.387. The fourth-order valence-electron chi connectivity index (χ4n) is 2.64. The van der Waals surface area contributed by atoms with Gasteiger partial charge < -0.3 is 15.1 Å². The molecule has 0 atom stereocenters. The quantitative estimate of drug-likeness (QED) is 0.473. The molecule has 1 fully saturated rings. The lowest BCUT2D eigenvalue weighted by Gasteiger charge is -2.35. The van der Waals surface area contributed by atoms with Gasteiger partial charge in [0.25, 0.3) is 11.6 Å². The van der Waals surface area contributed by atoms with E-state index in [9.17, 15) is 19.7 Å². The Labute approximate surface area is 140 Å². The molecule has 130 valence electrons. The molecular formula is C16H22N4O4. The Balaban J connectivity index is 1.86. The van der Waals surface area contributed by atoms with E-state index >= 15 is 0 Å². The highest BCUT2D eigenvalue weighted by Crippen LogP contribution is 2.15. The zero-order valence-electron chi connectivity index (χ0n) is 13.7. The van der Waals surface area contributed by atoms with Crippen molar-refractivity contribution in [2.24, 2.45) is 0 Å². The number of nitro benzene ring substituents is 1. The predicted molar refractivity (Wildman–Crippen MR) is 88.7 cm³/mol. The summed E-state index contributed by atoms with van der Waals surface area (Å²) in [5, 5.41) is 13.7. The van der Waals surface area contributed by atoms with E-state index < -0.39 is 4.92 Å². The first-order valence-corrected chi connectivity index (χ1v) is 7.99. The predicted octanol–water partition coefficient (Wildman–Crippen LogP) is 0.879. The van der Waals surface area contributed by atoms with Crippen molar-refractivity contribution in [3.63, 3.8) is 0 Å². The number of hydrogen-bond donors (Lipinski definition) is 1. The number of hydrogen-bond acceptors (Lipinski definition) is 5. The van der Waals surface area contributed by atoms with Crippen molar-refractivity contribution in [3.05, 3.63) is 39.9 Å². The summed E-state index contributed by atoms with van der Waals surface area (Å²) in [5.74, 6) is -0.0418. The molecule has 1 aromatic rings. The van der Waals surface area contributed by atoms with E-state index in [1.165, 1.54) is 24.3 Å². The van der Waals surface area contributed by atoms with Crippen LogP contribution in [-0.4, -0.2) is 66.3 Å².